The van der Waals surface area contributed by atoms with Crippen molar-refractivity contribution in [3.05, 3.63) is 17.7 Å². The first-order valence-corrected chi connectivity index (χ1v) is 7.26. The Bertz CT molecular complexity index is 415. The van der Waals surface area contributed by atoms with Crippen LogP contribution in [0.1, 0.15) is 25.4 Å². The summed E-state index contributed by atoms with van der Waals surface area (Å²) in [6, 6.07) is 0.675. The molecule has 21 heavy (non-hydrogen) atoms. The highest BCUT2D eigenvalue weighted by Crippen LogP contribution is 2.28. The number of hydrogen-bond donors (Lipinski definition) is 0. The fraction of sp³-hybridized carbons (Fsp3) is 0.800. The lowest BCUT2D eigenvalue weighted by Gasteiger charge is -2.27. The Balaban J connectivity index is 0.00000200. The quantitative estimate of drug-likeness (QED) is 0.844. The molecule has 1 aliphatic heterocycles. The van der Waals surface area contributed by atoms with Crippen LogP contribution in [0.5, 0.6) is 0 Å². The van der Waals surface area contributed by atoms with Crippen LogP contribution in [0, 0.1) is 18.8 Å². The van der Waals surface area contributed by atoms with Crippen molar-refractivity contribution < 1.29 is 0 Å². The number of likely N-dealkylation sites (tertiary alicyclic amines) is 1. The summed E-state index contributed by atoms with van der Waals surface area (Å²) in [6.07, 6.45) is 2.02. The van der Waals surface area contributed by atoms with Crippen LogP contribution < -0.4 is 0 Å². The highest BCUT2D eigenvalue weighted by molar-refractivity contribution is 5.85. The number of rotatable bonds is 4. The molecule has 4 nitrogen and oxygen atoms in total. The summed E-state index contributed by atoms with van der Waals surface area (Å²) in [4.78, 5) is 9.36. The predicted octanol–water partition coefficient (Wildman–Crippen LogP) is 2.59. The summed E-state index contributed by atoms with van der Waals surface area (Å²) < 4.78 is 2.20. The molecule has 6 heteroatoms. The molecule has 1 aliphatic rings. The van der Waals surface area contributed by atoms with Crippen LogP contribution >= 0.6 is 24.8 Å². The predicted molar refractivity (Wildman–Crippen MR) is 93.5 cm³/mol. The van der Waals surface area contributed by atoms with E-state index in [2.05, 4.69) is 61.3 Å². The Morgan fingerprint density at radius 3 is 2.29 bits per heavy atom. The molecule has 0 spiro atoms. The van der Waals surface area contributed by atoms with Gasteiger partial charge in [-0.05, 0) is 32.9 Å². The minimum Gasteiger partial charge on any atom is -0.334 e. The van der Waals surface area contributed by atoms with Crippen molar-refractivity contribution in [1.29, 1.82) is 0 Å². The van der Waals surface area contributed by atoms with Crippen LogP contribution in [0.4, 0.5) is 0 Å². The average molecular weight is 337 g/mol. The maximum Gasteiger partial charge on any atom is 0.105 e. The molecule has 0 aromatic carbocycles. The molecule has 0 unspecified atom stereocenters. The lowest BCUT2D eigenvalue weighted by atomic mass is 9.91. The van der Waals surface area contributed by atoms with Gasteiger partial charge < -0.3 is 9.47 Å². The van der Waals surface area contributed by atoms with Gasteiger partial charge in [0.2, 0.25) is 0 Å². The van der Waals surface area contributed by atoms with Gasteiger partial charge >= 0.3 is 0 Å². The van der Waals surface area contributed by atoms with E-state index in [-0.39, 0.29) is 24.8 Å². The number of aryl methyl sites for hydroxylation is 1. The van der Waals surface area contributed by atoms with Gasteiger partial charge in [0.05, 0.1) is 5.69 Å². The molecule has 0 amide bonds. The molecule has 1 aromatic rings. The third-order valence-corrected chi connectivity index (χ3v) is 4.63. The summed E-state index contributed by atoms with van der Waals surface area (Å²) in [5.41, 5.74) is 1.32. The van der Waals surface area contributed by atoms with Crippen LogP contribution in [0.3, 0.4) is 0 Å². The van der Waals surface area contributed by atoms with Gasteiger partial charge in [0.25, 0.3) is 0 Å². The number of imidazole rings is 1. The average Bonchev–Trinajstić information content (AvgIpc) is 2.88. The monoisotopic (exact) mass is 336 g/mol. The van der Waals surface area contributed by atoms with E-state index < -0.39 is 0 Å². The molecule has 2 atom stereocenters. The molecule has 0 N–H and O–H groups in total. The molecule has 0 aliphatic carbocycles. The van der Waals surface area contributed by atoms with E-state index in [9.17, 15) is 0 Å². The topological polar surface area (TPSA) is 24.3 Å². The minimum absolute atomic E-state index is 0. The Labute approximate surface area is 141 Å². The maximum atomic E-state index is 4.39. The third kappa shape index (κ3) is 4.59. The zero-order valence-electron chi connectivity index (χ0n) is 14.0. The normalized spacial score (nSPS) is 22.5. The second-order valence-electron chi connectivity index (χ2n) is 6.49. The minimum atomic E-state index is 0. The van der Waals surface area contributed by atoms with Crippen molar-refractivity contribution in [2.45, 2.75) is 33.4 Å². The third-order valence-electron chi connectivity index (χ3n) is 4.63. The van der Waals surface area contributed by atoms with Crippen molar-refractivity contribution in [2.24, 2.45) is 18.9 Å². The smallest absolute Gasteiger partial charge is 0.105 e. The molecule has 1 aromatic heterocycles. The van der Waals surface area contributed by atoms with Gasteiger partial charge in [-0.1, -0.05) is 13.8 Å². The second kappa shape index (κ2) is 8.37. The molecule has 124 valence electrons. The van der Waals surface area contributed by atoms with Gasteiger partial charge in [0.1, 0.15) is 5.82 Å². The zero-order chi connectivity index (χ0) is 14.2. The van der Waals surface area contributed by atoms with E-state index >= 15 is 0 Å². The summed E-state index contributed by atoms with van der Waals surface area (Å²) in [5, 5.41) is 0. The van der Waals surface area contributed by atoms with Crippen molar-refractivity contribution >= 4 is 24.8 Å². The van der Waals surface area contributed by atoms with Gasteiger partial charge in [0, 0.05) is 38.9 Å². The summed E-state index contributed by atoms with van der Waals surface area (Å²) >= 11 is 0. The Morgan fingerprint density at radius 1 is 1.29 bits per heavy atom. The zero-order valence-corrected chi connectivity index (χ0v) is 15.7. The molecule has 0 radical (unpaired) electrons. The standard InChI is InChI=1S/C15H28N4.2ClH/c1-11(2)14-9-19(10-15(14)17(4)5)8-13-7-16-12(3)18(13)6;;/h7,11,14-15H,8-10H2,1-6H3;2*1H/t14-,15+;;/m1../s1. The molecule has 2 rings (SSSR count). The largest absolute Gasteiger partial charge is 0.334 e. The van der Waals surface area contributed by atoms with E-state index in [1.165, 1.54) is 18.8 Å². The van der Waals surface area contributed by atoms with Crippen LogP contribution in [-0.4, -0.2) is 52.6 Å². The van der Waals surface area contributed by atoms with E-state index in [0.717, 1.165) is 24.2 Å². The van der Waals surface area contributed by atoms with Gasteiger partial charge in [-0.2, -0.15) is 0 Å². The summed E-state index contributed by atoms with van der Waals surface area (Å²) in [7, 11) is 6.52. The number of nitrogens with zero attached hydrogens (tertiary/aromatic N) is 4. The first-order chi connectivity index (χ1) is 8.90. The van der Waals surface area contributed by atoms with E-state index in [0.29, 0.717) is 6.04 Å². The Hall–Kier alpha value is -0.290. The summed E-state index contributed by atoms with van der Waals surface area (Å²) in [6.45, 7) is 10.1. The van der Waals surface area contributed by atoms with Crippen molar-refractivity contribution in [3.8, 4) is 0 Å². The van der Waals surface area contributed by atoms with E-state index in [4.69, 9.17) is 0 Å². The Morgan fingerprint density at radius 2 is 1.90 bits per heavy atom. The molecule has 2 heterocycles. The van der Waals surface area contributed by atoms with Gasteiger partial charge in [-0.3, -0.25) is 4.90 Å². The van der Waals surface area contributed by atoms with Crippen LogP contribution in [0.2, 0.25) is 0 Å². The molecule has 1 saturated heterocycles. The first-order valence-electron chi connectivity index (χ1n) is 7.26. The highest BCUT2D eigenvalue weighted by atomic mass is 35.5. The van der Waals surface area contributed by atoms with E-state index in [1.807, 2.05) is 6.20 Å². The number of hydrogen-bond acceptors (Lipinski definition) is 3. The van der Waals surface area contributed by atoms with E-state index in [1.54, 1.807) is 0 Å². The number of likely N-dealkylation sites (N-methyl/N-ethyl adjacent to an activating group) is 1. The van der Waals surface area contributed by atoms with Crippen molar-refractivity contribution in [3.63, 3.8) is 0 Å². The lowest BCUT2D eigenvalue weighted by Crippen LogP contribution is -2.37. The molecular formula is C15H30Cl2N4. The molecule has 0 bridgehead atoms. The Kier molecular flexibility index (Phi) is 8.26. The first kappa shape index (κ1) is 20.7. The highest BCUT2D eigenvalue weighted by Gasteiger charge is 2.35. The molecular weight excluding hydrogens is 307 g/mol. The SMILES string of the molecule is Cc1ncc(CN2C[C@H](C(C)C)[C@@H](N(C)C)C2)n1C.Cl.Cl. The molecule has 1 fully saturated rings. The lowest BCUT2D eigenvalue weighted by molar-refractivity contribution is 0.215. The number of aromatic nitrogens is 2. The van der Waals surface area contributed by atoms with Crippen LogP contribution in [0.25, 0.3) is 0 Å². The van der Waals surface area contributed by atoms with Gasteiger partial charge in [-0.25, -0.2) is 4.98 Å². The van der Waals surface area contributed by atoms with Crippen molar-refractivity contribution in [1.82, 2.24) is 19.4 Å². The van der Waals surface area contributed by atoms with Crippen molar-refractivity contribution in [2.75, 3.05) is 27.2 Å². The van der Waals surface area contributed by atoms with Gasteiger partial charge in [-0.15, -0.1) is 24.8 Å². The summed E-state index contributed by atoms with van der Waals surface area (Å²) in [5.74, 6) is 2.61. The van der Waals surface area contributed by atoms with Crippen LogP contribution in [-0.2, 0) is 13.6 Å². The fourth-order valence-corrected chi connectivity index (χ4v) is 3.15. The van der Waals surface area contributed by atoms with Gasteiger partial charge in [0.15, 0.2) is 0 Å². The fourth-order valence-electron chi connectivity index (χ4n) is 3.15. The molecule has 0 saturated carbocycles. The number of halogens is 2. The van der Waals surface area contributed by atoms with Crippen LogP contribution in [0.15, 0.2) is 6.20 Å². The maximum absolute atomic E-state index is 4.39. The second-order valence-corrected chi connectivity index (χ2v) is 6.49.